The molecule has 0 aromatic rings. The van der Waals surface area contributed by atoms with Gasteiger partial charge in [-0.1, -0.05) is 24.8 Å². The van der Waals surface area contributed by atoms with E-state index in [0.717, 1.165) is 6.08 Å². The molecule has 0 aromatic carbocycles. The van der Waals surface area contributed by atoms with Crippen LogP contribution in [0.5, 0.6) is 0 Å². The number of hydrogen-bond donors (Lipinski definition) is 2. The zero-order chi connectivity index (χ0) is 16.8. The number of carbonyl (C=O) groups excluding carboxylic acids is 1. The van der Waals surface area contributed by atoms with Crippen molar-refractivity contribution in [1.29, 1.82) is 0 Å². The second-order valence-corrected chi connectivity index (χ2v) is 4.49. The number of carboxylic acid groups (broad SMARTS) is 2. The van der Waals surface area contributed by atoms with Crippen molar-refractivity contribution in [2.45, 2.75) is 18.9 Å². The van der Waals surface area contributed by atoms with Gasteiger partial charge in [0.2, 0.25) is 5.60 Å². The molecule has 2 atom stereocenters. The van der Waals surface area contributed by atoms with E-state index in [1.807, 2.05) is 0 Å². The Kier molecular flexibility index (Phi) is 6.06. The SMILES string of the molecule is C=CC(=O)OCCC1=CC=CC(C(=O)O)C1(OCC)C(=O)O. The van der Waals surface area contributed by atoms with Gasteiger partial charge in [0, 0.05) is 19.1 Å². The molecular formula is C15H18O7. The lowest BCUT2D eigenvalue weighted by Gasteiger charge is -2.37. The number of aliphatic carboxylic acids is 2. The smallest absolute Gasteiger partial charge is 0.341 e. The first kappa shape index (κ1) is 17.6. The third-order valence-corrected chi connectivity index (χ3v) is 3.25. The van der Waals surface area contributed by atoms with E-state index in [2.05, 4.69) is 6.58 Å². The molecular weight excluding hydrogens is 292 g/mol. The van der Waals surface area contributed by atoms with Crippen molar-refractivity contribution >= 4 is 17.9 Å². The second kappa shape index (κ2) is 7.56. The second-order valence-electron chi connectivity index (χ2n) is 4.49. The van der Waals surface area contributed by atoms with Gasteiger partial charge in [0.15, 0.2) is 0 Å². The van der Waals surface area contributed by atoms with Gasteiger partial charge in [-0.3, -0.25) is 4.79 Å². The molecule has 7 heteroatoms. The molecule has 0 bridgehead atoms. The van der Waals surface area contributed by atoms with Crippen LogP contribution < -0.4 is 0 Å². The molecule has 1 aliphatic carbocycles. The zero-order valence-corrected chi connectivity index (χ0v) is 12.2. The molecule has 120 valence electrons. The topological polar surface area (TPSA) is 110 Å². The van der Waals surface area contributed by atoms with Crippen LogP contribution in [-0.4, -0.2) is 46.9 Å². The van der Waals surface area contributed by atoms with Crippen molar-refractivity contribution in [2.24, 2.45) is 5.92 Å². The highest BCUT2D eigenvalue weighted by Crippen LogP contribution is 2.37. The number of esters is 1. The molecule has 0 aromatic heterocycles. The highest BCUT2D eigenvalue weighted by atomic mass is 16.5. The average molecular weight is 310 g/mol. The van der Waals surface area contributed by atoms with Crippen LogP contribution >= 0.6 is 0 Å². The fourth-order valence-corrected chi connectivity index (χ4v) is 2.33. The highest BCUT2D eigenvalue weighted by Gasteiger charge is 2.53. The van der Waals surface area contributed by atoms with Gasteiger partial charge in [0.05, 0.1) is 6.61 Å². The summed E-state index contributed by atoms with van der Waals surface area (Å²) in [6, 6.07) is 0. The lowest BCUT2D eigenvalue weighted by Crippen LogP contribution is -2.53. The molecule has 0 saturated carbocycles. The van der Waals surface area contributed by atoms with Gasteiger partial charge < -0.3 is 19.7 Å². The molecule has 1 aliphatic rings. The van der Waals surface area contributed by atoms with Crippen molar-refractivity contribution in [3.63, 3.8) is 0 Å². The quantitative estimate of drug-likeness (QED) is 0.511. The van der Waals surface area contributed by atoms with Crippen LogP contribution in [0, 0.1) is 5.92 Å². The summed E-state index contributed by atoms with van der Waals surface area (Å²) in [7, 11) is 0. The molecule has 0 aliphatic heterocycles. The summed E-state index contributed by atoms with van der Waals surface area (Å²) in [5.74, 6) is -4.70. The van der Waals surface area contributed by atoms with Gasteiger partial charge >= 0.3 is 17.9 Å². The van der Waals surface area contributed by atoms with E-state index in [4.69, 9.17) is 9.47 Å². The van der Waals surface area contributed by atoms with E-state index < -0.39 is 29.4 Å². The van der Waals surface area contributed by atoms with Gasteiger partial charge in [-0.2, -0.15) is 0 Å². The molecule has 2 unspecified atom stereocenters. The highest BCUT2D eigenvalue weighted by molar-refractivity contribution is 5.91. The number of rotatable bonds is 8. The van der Waals surface area contributed by atoms with Crippen molar-refractivity contribution < 1.29 is 34.1 Å². The predicted octanol–water partition coefficient (Wildman–Crippen LogP) is 1.16. The van der Waals surface area contributed by atoms with E-state index in [-0.39, 0.29) is 25.2 Å². The standard InChI is InChI=1S/C15H18O7/c1-3-12(16)21-9-8-10-6-5-7-11(13(17)18)15(10,14(19)20)22-4-2/h3,5-7,11H,1,4,8-9H2,2H3,(H,17,18)(H,19,20). The van der Waals surface area contributed by atoms with Gasteiger partial charge in [-0.05, 0) is 12.5 Å². The van der Waals surface area contributed by atoms with Gasteiger partial charge in [0.1, 0.15) is 5.92 Å². The van der Waals surface area contributed by atoms with Gasteiger partial charge in [-0.15, -0.1) is 0 Å². The Balaban J connectivity index is 3.09. The minimum atomic E-state index is -2.00. The normalized spacial score (nSPS) is 23.5. The van der Waals surface area contributed by atoms with Crippen LogP contribution in [0.4, 0.5) is 0 Å². The third-order valence-electron chi connectivity index (χ3n) is 3.25. The maximum absolute atomic E-state index is 11.8. The summed E-state index contributed by atoms with van der Waals surface area (Å²) in [5.41, 5.74) is -1.77. The Morgan fingerprint density at radius 1 is 1.41 bits per heavy atom. The largest absolute Gasteiger partial charge is 0.481 e. The monoisotopic (exact) mass is 310 g/mol. The Labute approximate surface area is 127 Å². The van der Waals surface area contributed by atoms with Crippen LogP contribution in [-0.2, 0) is 23.9 Å². The Bertz CT molecular complexity index is 532. The third kappa shape index (κ3) is 3.43. The van der Waals surface area contributed by atoms with Crippen LogP contribution in [0.3, 0.4) is 0 Å². The lowest BCUT2D eigenvalue weighted by atomic mass is 9.76. The van der Waals surface area contributed by atoms with E-state index in [0.29, 0.717) is 0 Å². The van der Waals surface area contributed by atoms with Crippen molar-refractivity contribution in [1.82, 2.24) is 0 Å². The van der Waals surface area contributed by atoms with Crippen molar-refractivity contribution in [2.75, 3.05) is 13.2 Å². The number of ether oxygens (including phenoxy) is 2. The number of carbonyl (C=O) groups is 3. The molecule has 0 radical (unpaired) electrons. The molecule has 0 amide bonds. The summed E-state index contributed by atoms with van der Waals surface area (Å²) < 4.78 is 10.2. The summed E-state index contributed by atoms with van der Waals surface area (Å²) in [4.78, 5) is 34.2. The van der Waals surface area contributed by atoms with Crippen LogP contribution in [0.1, 0.15) is 13.3 Å². The molecule has 2 N–H and O–H groups in total. The number of allylic oxidation sites excluding steroid dienone is 2. The van der Waals surface area contributed by atoms with Crippen molar-refractivity contribution in [3.8, 4) is 0 Å². The first-order valence-electron chi connectivity index (χ1n) is 6.67. The first-order valence-corrected chi connectivity index (χ1v) is 6.67. The molecule has 0 spiro atoms. The molecule has 22 heavy (non-hydrogen) atoms. The molecule has 0 fully saturated rings. The van der Waals surface area contributed by atoms with Crippen LogP contribution in [0.25, 0.3) is 0 Å². The average Bonchev–Trinajstić information content (AvgIpc) is 2.47. The van der Waals surface area contributed by atoms with E-state index in [1.165, 1.54) is 18.2 Å². The maximum atomic E-state index is 11.8. The minimum Gasteiger partial charge on any atom is -0.481 e. The lowest BCUT2D eigenvalue weighted by molar-refractivity contribution is -0.173. The van der Waals surface area contributed by atoms with Gasteiger partial charge in [-0.25, -0.2) is 9.59 Å². The predicted molar refractivity (Wildman–Crippen MR) is 76.1 cm³/mol. The van der Waals surface area contributed by atoms with Gasteiger partial charge in [0.25, 0.3) is 0 Å². The Morgan fingerprint density at radius 2 is 2.09 bits per heavy atom. The number of carboxylic acids is 2. The maximum Gasteiger partial charge on any atom is 0.341 e. The van der Waals surface area contributed by atoms with E-state index in [9.17, 15) is 24.6 Å². The summed E-state index contributed by atoms with van der Waals surface area (Å²) >= 11 is 0. The number of hydrogen-bond acceptors (Lipinski definition) is 5. The summed E-state index contributed by atoms with van der Waals surface area (Å²) in [6.07, 6.45) is 5.24. The van der Waals surface area contributed by atoms with Crippen LogP contribution in [0.2, 0.25) is 0 Å². The fraction of sp³-hybridized carbons (Fsp3) is 0.400. The summed E-state index contributed by atoms with van der Waals surface area (Å²) in [6.45, 7) is 4.75. The summed E-state index contributed by atoms with van der Waals surface area (Å²) in [5, 5.41) is 18.9. The fourth-order valence-electron chi connectivity index (χ4n) is 2.33. The van der Waals surface area contributed by atoms with E-state index in [1.54, 1.807) is 6.92 Å². The molecule has 1 rings (SSSR count). The van der Waals surface area contributed by atoms with Crippen LogP contribution in [0.15, 0.2) is 36.5 Å². The first-order chi connectivity index (χ1) is 10.4. The van der Waals surface area contributed by atoms with Crippen molar-refractivity contribution in [3.05, 3.63) is 36.5 Å². The zero-order valence-electron chi connectivity index (χ0n) is 12.2. The molecule has 0 saturated heterocycles. The Hall–Kier alpha value is -2.41. The Morgan fingerprint density at radius 3 is 2.59 bits per heavy atom. The molecule has 0 heterocycles. The minimum absolute atomic E-state index is 0.0215. The molecule has 7 nitrogen and oxygen atoms in total. The van der Waals surface area contributed by atoms with E-state index >= 15 is 0 Å².